The monoisotopic (exact) mass is 1770 g/mol. The van der Waals surface area contributed by atoms with Gasteiger partial charge in [-0.2, -0.15) is 0 Å². The minimum Gasteiger partial charge on any atom is -0.452 e. The second-order valence-corrected chi connectivity index (χ2v) is 29.7. The van der Waals surface area contributed by atoms with E-state index in [9.17, 15) is 14.4 Å². The number of hydrogen-bond acceptors (Lipinski definition) is 12. The number of rotatable bonds is 13. The Labute approximate surface area is 794 Å². The first kappa shape index (κ1) is 103. The zero-order valence-corrected chi connectivity index (χ0v) is 75.4. The third-order valence-corrected chi connectivity index (χ3v) is 21.6. The van der Waals surface area contributed by atoms with Crippen LogP contribution in [0.2, 0.25) is 0 Å². The predicted octanol–water partition coefficient (Wildman–Crippen LogP) is 9.58. The summed E-state index contributed by atoms with van der Waals surface area (Å²) in [7, 11) is 0. The highest BCUT2D eigenvalue weighted by Gasteiger charge is 2.43. The number of carbonyl (C=O) groups is 9. The minimum atomic E-state index is -0.799. The Kier molecular flexibility index (Phi) is 44.2. The molecule has 0 N–H and O–H groups in total. The van der Waals surface area contributed by atoms with Crippen LogP contribution in [0.25, 0.3) is 0 Å². The van der Waals surface area contributed by atoms with Crippen LogP contribution in [0.1, 0.15) is 151 Å². The van der Waals surface area contributed by atoms with E-state index in [2.05, 4.69) is 300 Å². The molecule has 0 spiro atoms. The first-order chi connectivity index (χ1) is 65.7. The fraction of sp³-hybridized carbons (Fsp3) is 0.274. The van der Waals surface area contributed by atoms with Crippen LogP contribution in [0.15, 0.2) is 112 Å². The summed E-state index contributed by atoms with van der Waals surface area (Å²) in [6.07, 6.45) is 27.1. The lowest BCUT2D eigenvalue weighted by Crippen LogP contribution is -2.56. The SMILES string of the molecule is C#CC#CC#CC#CC#CC#CC#CC#COC(=O)Cc1cc2c(C)c(c1)CN(C(=O)C=C)C1CCCCC1N(C(=O)C=C)Cc1cc(CC(=O)OCC#CC#CC#CC#CC#CC#CC#CC)cc(c1C)CN(C(=O)C=C)C1CCCCC1N(C(=O)C=C)Cc1cc(CC(=O)OC#CC#CC#CC#CC#CC#CC#CC#C)cc(c1C)CN(C(=O)C=C)C1CCCCC1N(C(=O)C=C)C2. The molecule has 1 heterocycles. The van der Waals surface area contributed by atoms with Gasteiger partial charge in [0, 0.05) is 122 Å². The molecule has 4 aliphatic rings. The van der Waals surface area contributed by atoms with Crippen LogP contribution in [0.3, 0.4) is 0 Å². The number of ether oxygens (including phenoxy) is 3. The molecule has 3 aromatic carbocycles. The molecule has 3 aliphatic carbocycles. The van der Waals surface area contributed by atoms with E-state index in [0.29, 0.717) is 144 Å². The summed E-state index contributed by atoms with van der Waals surface area (Å²) < 4.78 is 16.6. The van der Waals surface area contributed by atoms with Gasteiger partial charge >= 0.3 is 17.9 Å². The average Bonchev–Trinajstić information content (AvgIpc) is 1.13. The number of nitrogens with zero attached hydrogens (tertiary/aromatic N) is 6. The molecule has 658 valence electrons. The molecule has 3 fully saturated rings. The molecule has 1 aliphatic heterocycles. The molecule has 6 bridgehead atoms. The average molecular weight is 1770 g/mol. The number of esters is 3. The molecule has 18 nitrogen and oxygen atoms in total. The van der Waals surface area contributed by atoms with Gasteiger partial charge in [-0.05, 0) is 329 Å². The van der Waals surface area contributed by atoms with Gasteiger partial charge < -0.3 is 43.6 Å². The van der Waals surface area contributed by atoms with E-state index in [1.54, 1.807) is 72.7 Å². The van der Waals surface area contributed by atoms with E-state index in [1.807, 2.05) is 20.8 Å². The van der Waals surface area contributed by atoms with Crippen LogP contribution in [-0.2, 0) is 116 Å². The Bertz CT molecular complexity index is 6590. The van der Waals surface area contributed by atoms with Crippen molar-refractivity contribution in [3.63, 3.8) is 0 Å². The molecule has 7 rings (SSSR count). The second-order valence-electron chi connectivity index (χ2n) is 29.7. The summed E-state index contributed by atoms with van der Waals surface area (Å²) in [6.45, 7) is 30.0. The molecule has 135 heavy (non-hydrogen) atoms. The van der Waals surface area contributed by atoms with Crippen LogP contribution >= 0.6 is 0 Å². The Balaban J connectivity index is 1.46. The molecule has 0 radical (unpaired) electrons. The second kappa shape index (κ2) is 57.8. The first-order valence-electron chi connectivity index (χ1n) is 42.5. The molecule has 0 saturated heterocycles. The Hall–Kier alpha value is -18.8. The number of carbonyl (C=O) groups excluding carboxylic acids is 9. The van der Waals surface area contributed by atoms with Crippen LogP contribution in [-0.4, -0.2) is 126 Å². The molecule has 0 aromatic heterocycles. The number of amides is 6. The third kappa shape index (κ3) is 33.7. The maximum Gasteiger partial charge on any atom is 0.324 e. The summed E-state index contributed by atoms with van der Waals surface area (Å²) in [5, 5.41) is 0. The standard InChI is InChI=1S/C117H88N6O12/c1-13-22-25-28-31-34-37-40-43-46-49-52-55-64-73-133-115(130)82-94-76-97-85-118(109(124)16-4)103-67-58-60-69-105(103)120(111(126)18-6)87-99-78-95(83-116(131)134-74-65-56-53-50-47-44-41-38-35-32-29-26-23-14-2)80-101(92(99)11)89-122(113(128)20-8)107-71-62-63-72-108(107)123(114(129)21-9)90-102-81-96(84-117(132)135-75-66-57-54-51-48-45-42-39-36-33-30-27-24-15-3)79-100(93(102)12)88-121(112(127)19-7)106-70-61-59-68-104(106)119(110(125)17-5)86-98(77-94)91(97)10/h1-2,16-21,76-81,103-108H,4-9,58-63,67-72,75,82-90H2,3,10-12H3. The highest BCUT2D eigenvalue weighted by molar-refractivity contribution is 5.91. The lowest BCUT2D eigenvalue weighted by molar-refractivity contribution is -0.141. The van der Waals surface area contributed by atoms with Crippen molar-refractivity contribution in [3.05, 3.63) is 179 Å². The summed E-state index contributed by atoms with van der Waals surface area (Å²) in [6, 6.07) is 6.35. The van der Waals surface area contributed by atoms with Gasteiger partial charge in [-0.15, -0.1) is 12.8 Å². The van der Waals surface area contributed by atoms with Crippen molar-refractivity contribution in [3.8, 4) is 274 Å². The van der Waals surface area contributed by atoms with Gasteiger partial charge in [-0.25, -0.2) is 0 Å². The van der Waals surface area contributed by atoms with E-state index in [-0.39, 0.29) is 65.1 Å². The van der Waals surface area contributed by atoms with Crippen LogP contribution in [0.4, 0.5) is 0 Å². The summed E-state index contributed by atoms with van der Waals surface area (Å²) >= 11 is 0. The molecule has 6 atom stereocenters. The molecule has 3 aromatic rings. The molecule has 6 amide bonds. The fourth-order valence-electron chi connectivity index (χ4n) is 15.6. The fourth-order valence-corrected chi connectivity index (χ4v) is 15.6. The van der Waals surface area contributed by atoms with E-state index in [4.69, 9.17) is 27.1 Å². The van der Waals surface area contributed by atoms with Gasteiger partial charge in [-0.3, -0.25) is 43.2 Å². The Morgan fingerprint density at radius 2 is 0.489 bits per heavy atom. The number of benzene rings is 3. The predicted molar refractivity (Wildman–Crippen MR) is 517 cm³/mol. The van der Waals surface area contributed by atoms with Gasteiger partial charge in [0.25, 0.3) is 0 Å². The molecule has 18 heteroatoms. The van der Waals surface area contributed by atoms with E-state index < -0.39 is 89.6 Å². The first-order valence-corrected chi connectivity index (χ1v) is 42.5. The van der Waals surface area contributed by atoms with Gasteiger partial charge in [0.15, 0.2) is 6.61 Å². The lowest BCUT2D eigenvalue weighted by Gasteiger charge is -2.45. The Morgan fingerprint density at radius 3 is 0.696 bits per heavy atom. The summed E-state index contributed by atoms with van der Waals surface area (Å²) in [5.74, 6) is 99.6. The van der Waals surface area contributed by atoms with Crippen molar-refractivity contribution in [1.29, 1.82) is 0 Å². The van der Waals surface area contributed by atoms with Gasteiger partial charge in [-0.1, -0.05) is 120 Å². The van der Waals surface area contributed by atoms with Gasteiger partial charge in [0.1, 0.15) is 12.2 Å². The smallest absolute Gasteiger partial charge is 0.324 e. The third-order valence-electron chi connectivity index (χ3n) is 21.6. The van der Waals surface area contributed by atoms with Gasteiger partial charge in [0.05, 0.1) is 55.5 Å². The quantitative estimate of drug-likeness (QED) is 0.0680. The zero-order valence-electron chi connectivity index (χ0n) is 75.4. The van der Waals surface area contributed by atoms with Crippen LogP contribution in [0.5, 0.6) is 0 Å². The number of hydrogen-bond donors (Lipinski definition) is 0. The summed E-state index contributed by atoms with van der Waals surface area (Å²) in [4.78, 5) is 143. The maximum absolute atomic E-state index is 15.2. The number of terminal acetylenes is 2. The normalized spacial score (nSPS) is 15.3. The van der Waals surface area contributed by atoms with Crippen molar-refractivity contribution in [1.82, 2.24) is 29.4 Å². The van der Waals surface area contributed by atoms with Crippen molar-refractivity contribution in [2.24, 2.45) is 0 Å². The Morgan fingerprint density at radius 1 is 0.296 bits per heavy atom. The maximum atomic E-state index is 15.2. The van der Waals surface area contributed by atoms with Gasteiger partial charge in [0.2, 0.25) is 35.4 Å². The lowest BCUT2D eigenvalue weighted by atomic mass is 9.85. The highest BCUT2D eigenvalue weighted by Crippen LogP contribution is 2.38. The van der Waals surface area contributed by atoms with E-state index in [0.717, 1.165) is 0 Å². The van der Waals surface area contributed by atoms with Crippen molar-refractivity contribution in [2.45, 2.75) is 200 Å². The summed E-state index contributed by atoms with van der Waals surface area (Å²) in [5.41, 5.74) is 6.34. The minimum absolute atomic E-state index is 0.113. The largest absolute Gasteiger partial charge is 0.452 e. The topological polar surface area (TPSA) is 201 Å². The molecule has 6 unspecified atom stereocenters. The number of fused-ring (bicyclic) bond motifs is 9. The highest BCUT2D eigenvalue weighted by atomic mass is 16.5. The zero-order chi connectivity index (χ0) is 97.3. The van der Waals surface area contributed by atoms with Crippen LogP contribution < -0.4 is 0 Å². The molecular weight excluding hydrogens is 1680 g/mol. The van der Waals surface area contributed by atoms with Crippen LogP contribution in [0, 0.1) is 294 Å². The van der Waals surface area contributed by atoms with Crippen molar-refractivity contribution < 1.29 is 57.4 Å². The van der Waals surface area contributed by atoms with Crippen molar-refractivity contribution in [2.75, 3.05) is 6.61 Å². The van der Waals surface area contributed by atoms with E-state index >= 15 is 28.8 Å². The van der Waals surface area contributed by atoms with E-state index in [1.165, 1.54) is 36.5 Å². The molecular formula is C117H88N6O12. The molecule has 3 saturated carbocycles. The van der Waals surface area contributed by atoms with Crippen molar-refractivity contribution >= 4 is 53.4 Å².